The monoisotopic (exact) mass is 567 g/mol. The molecule has 34 heavy (non-hydrogen) atoms. The quantitative estimate of drug-likeness (QED) is 0.431. The first kappa shape index (κ1) is 28.5. The number of hydrogen-bond donors (Lipinski definition) is 1. The molecule has 0 saturated heterocycles. The molecule has 0 fully saturated rings. The van der Waals surface area contributed by atoms with Gasteiger partial charge in [0.25, 0.3) is 0 Å². The van der Waals surface area contributed by atoms with Gasteiger partial charge >= 0.3 is 0 Å². The normalized spacial score (nSPS) is 12.4. The van der Waals surface area contributed by atoms with Crippen molar-refractivity contribution in [1.29, 1.82) is 0 Å². The Bertz CT molecular complexity index is 1170. The first-order valence-corrected chi connectivity index (χ1v) is 13.5. The van der Waals surface area contributed by atoms with E-state index in [4.69, 9.17) is 46.4 Å². The van der Waals surface area contributed by atoms with Crippen LogP contribution in [0.25, 0.3) is 0 Å². The molecule has 1 N–H and O–H groups in total. The molecule has 2 aromatic rings. The number of carbonyl (C=O) groups is 2. The van der Waals surface area contributed by atoms with Gasteiger partial charge in [0.15, 0.2) is 0 Å². The van der Waals surface area contributed by atoms with Crippen LogP contribution in [0, 0.1) is 0 Å². The Balaban J connectivity index is 2.48. The van der Waals surface area contributed by atoms with Crippen molar-refractivity contribution in [3.8, 4) is 0 Å². The number of rotatable bonds is 9. The van der Waals surface area contributed by atoms with Gasteiger partial charge in [0.2, 0.25) is 21.8 Å². The Kier molecular flexibility index (Phi) is 9.91. The molecule has 2 rings (SSSR count). The molecule has 0 aliphatic heterocycles. The molecule has 12 heteroatoms. The van der Waals surface area contributed by atoms with Gasteiger partial charge in [0.05, 0.1) is 27.0 Å². The number of sulfonamides is 1. The fourth-order valence-corrected chi connectivity index (χ4v) is 4.84. The SMILES string of the molecule is CC(C)NC(=O)[C@H](C)N(Cc1ccccc1Cl)C(=O)CN(c1cc(Cl)c(Cl)cc1Cl)S(C)(=O)=O. The maximum absolute atomic E-state index is 13.5. The van der Waals surface area contributed by atoms with Crippen LogP contribution in [-0.2, 0) is 26.2 Å². The minimum Gasteiger partial charge on any atom is -0.352 e. The summed E-state index contributed by atoms with van der Waals surface area (Å²) in [5.74, 6) is -1.03. The van der Waals surface area contributed by atoms with Gasteiger partial charge in [-0.05, 0) is 44.5 Å². The molecule has 0 aliphatic carbocycles. The second-order valence-corrected chi connectivity index (χ2v) is 11.5. The third kappa shape index (κ3) is 7.39. The Morgan fingerprint density at radius 2 is 1.53 bits per heavy atom. The number of anilines is 1. The second-order valence-electron chi connectivity index (χ2n) is 7.94. The van der Waals surface area contributed by atoms with Gasteiger partial charge in [-0.1, -0.05) is 64.6 Å². The van der Waals surface area contributed by atoms with Gasteiger partial charge in [-0.15, -0.1) is 0 Å². The van der Waals surface area contributed by atoms with Crippen LogP contribution in [0.2, 0.25) is 20.1 Å². The van der Waals surface area contributed by atoms with E-state index in [1.807, 2.05) is 0 Å². The number of amides is 2. The average molecular weight is 569 g/mol. The van der Waals surface area contributed by atoms with Gasteiger partial charge in [0.1, 0.15) is 12.6 Å². The number of nitrogens with one attached hydrogen (secondary N) is 1. The van der Waals surface area contributed by atoms with Crippen LogP contribution in [-0.4, -0.2) is 50.0 Å². The number of nitrogens with zero attached hydrogens (tertiary/aromatic N) is 2. The van der Waals surface area contributed by atoms with Crippen molar-refractivity contribution < 1.29 is 18.0 Å². The zero-order chi connectivity index (χ0) is 25.8. The largest absolute Gasteiger partial charge is 0.352 e. The topological polar surface area (TPSA) is 86.8 Å². The summed E-state index contributed by atoms with van der Waals surface area (Å²) in [5, 5.41) is 3.37. The lowest BCUT2D eigenvalue weighted by Crippen LogP contribution is -2.52. The molecule has 0 radical (unpaired) electrons. The van der Waals surface area contributed by atoms with Crippen molar-refractivity contribution in [3.05, 3.63) is 62.1 Å². The van der Waals surface area contributed by atoms with E-state index in [0.29, 0.717) is 10.6 Å². The first-order chi connectivity index (χ1) is 15.7. The van der Waals surface area contributed by atoms with Crippen molar-refractivity contribution >= 4 is 73.9 Å². The Labute approximate surface area is 220 Å². The number of carbonyl (C=O) groups excluding carboxylic acids is 2. The maximum Gasteiger partial charge on any atom is 0.244 e. The molecule has 0 aromatic heterocycles. The van der Waals surface area contributed by atoms with E-state index in [0.717, 1.165) is 10.6 Å². The zero-order valence-corrected chi connectivity index (χ0v) is 22.8. The summed E-state index contributed by atoms with van der Waals surface area (Å²) < 4.78 is 26.1. The van der Waals surface area contributed by atoms with Crippen molar-refractivity contribution in [3.63, 3.8) is 0 Å². The minimum absolute atomic E-state index is 0.00382. The fourth-order valence-electron chi connectivity index (χ4n) is 3.10. The predicted octanol–water partition coefficient (Wildman–Crippen LogP) is 5.01. The van der Waals surface area contributed by atoms with Crippen molar-refractivity contribution in [1.82, 2.24) is 10.2 Å². The lowest BCUT2D eigenvalue weighted by molar-refractivity contribution is -0.139. The molecule has 2 amide bonds. The summed E-state index contributed by atoms with van der Waals surface area (Å²) in [4.78, 5) is 27.5. The minimum atomic E-state index is -3.97. The molecule has 1 atom stereocenters. The molecule has 0 spiro atoms. The van der Waals surface area contributed by atoms with Crippen LogP contribution < -0.4 is 9.62 Å². The third-order valence-electron chi connectivity index (χ3n) is 4.83. The van der Waals surface area contributed by atoms with Crippen LogP contribution in [0.3, 0.4) is 0 Å². The van der Waals surface area contributed by atoms with Gasteiger partial charge in [0, 0.05) is 17.6 Å². The average Bonchev–Trinajstić information content (AvgIpc) is 2.72. The smallest absolute Gasteiger partial charge is 0.244 e. The summed E-state index contributed by atoms with van der Waals surface area (Å²) in [7, 11) is -3.97. The molecule has 7 nitrogen and oxygen atoms in total. The van der Waals surface area contributed by atoms with E-state index in [2.05, 4.69) is 5.32 Å². The van der Waals surface area contributed by atoms with Crippen molar-refractivity contribution in [2.45, 2.75) is 39.4 Å². The van der Waals surface area contributed by atoms with Crippen LogP contribution >= 0.6 is 46.4 Å². The van der Waals surface area contributed by atoms with Crippen LogP contribution in [0.15, 0.2) is 36.4 Å². The molecular weight excluding hydrogens is 544 g/mol. The molecule has 2 aromatic carbocycles. The lowest BCUT2D eigenvalue weighted by Gasteiger charge is -2.32. The van der Waals surface area contributed by atoms with Gasteiger partial charge < -0.3 is 10.2 Å². The van der Waals surface area contributed by atoms with E-state index < -0.39 is 34.4 Å². The summed E-state index contributed by atoms with van der Waals surface area (Å²) in [5.41, 5.74) is 0.587. The highest BCUT2D eigenvalue weighted by Crippen LogP contribution is 2.35. The summed E-state index contributed by atoms with van der Waals surface area (Å²) in [6, 6.07) is 8.37. The van der Waals surface area contributed by atoms with E-state index in [9.17, 15) is 18.0 Å². The highest BCUT2D eigenvalue weighted by Gasteiger charge is 2.31. The third-order valence-corrected chi connectivity index (χ3v) is 7.35. The lowest BCUT2D eigenvalue weighted by atomic mass is 10.1. The molecule has 0 bridgehead atoms. The summed E-state index contributed by atoms with van der Waals surface area (Å²) >= 11 is 24.5. The van der Waals surface area contributed by atoms with E-state index in [1.54, 1.807) is 45.0 Å². The number of halogens is 4. The van der Waals surface area contributed by atoms with Gasteiger partial charge in [-0.3, -0.25) is 13.9 Å². The highest BCUT2D eigenvalue weighted by molar-refractivity contribution is 7.92. The van der Waals surface area contributed by atoms with Crippen molar-refractivity contribution in [2.75, 3.05) is 17.1 Å². The van der Waals surface area contributed by atoms with Gasteiger partial charge in [-0.25, -0.2) is 8.42 Å². The summed E-state index contributed by atoms with van der Waals surface area (Å²) in [6.07, 6.45) is 0.937. The molecule has 186 valence electrons. The highest BCUT2D eigenvalue weighted by atomic mass is 35.5. The molecule has 0 aliphatic rings. The van der Waals surface area contributed by atoms with E-state index in [1.165, 1.54) is 17.0 Å². The number of benzene rings is 2. The fraction of sp³-hybridized carbons (Fsp3) is 0.364. The standard InChI is InChI=1S/C22H25Cl4N3O4S/c1-13(2)27-22(31)14(3)28(11-15-7-5-6-8-16(15)23)21(30)12-29(34(4,32)33)20-10-18(25)17(24)9-19(20)26/h5-10,13-14H,11-12H2,1-4H3,(H,27,31)/t14-/m0/s1. The second kappa shape index (κ2) is 11.8. The number of hydrogen-bond acceptors (Lipinski definition) is 4. The van der Waals surface area contributed by atoms with Crippen LogP contribution in [0.1, 0.15) is 26.3 Å². The molecular formula is C22H25Cl4N3O4S. The molecule has 0 heterocycles. The Morgan fingerprint density at radius 3 is 2.09 bits per heavy atom. The first-order valence-electron chi connectivity index (χ1n) is 10.2. The summed E-state index contributed by atoms with van der Waals surface area (Å²) in [6.45, 7) is 4.51. The predicted molar refractivity (Wildman–Crippen MR) is 138 cm³/mol. The van der Waals surface area contributed by atoms with E-state index >= 15 is 0 Å². The van der Waals surface area contributed by atoms with Crippen LogP contribution in [0.5, 0.6) is 0 Å². The molecule has 0 saturated carbocycles. The van der Waals surface area contributed by atoms with E-state index in [-0.39, 0.29) is 33.3 Å². The Morgan fingerprint density at radius 1 is 0.941 bits per heavy atom. The molecule has 0 unspecified atom stereocenters. The van der Waals surface area contributed by atoms with Crippen LogP contribution in [0.4, 0.5) is 5.69 Å². The maximum atomic E-state index is 13.5. The Hall–Kier alpha value is -1.71. The zero-order valence-electron chi connectivity index (χ0n) is 19.0. The van der Waals surface area contributed by atoms with Crippen molar-refractivity contribution in [2.24, 2.45) is 0 Å². The van der Waals surface area contributed by atoms with Gasteiger partial charge in [-0.2, -0.15) is 0 Å².